The Hall–Kier alpha value is -1.02. The molecule has 0 fully saturated rings. The summed E-state index contributed by atoms with van der Waals surface area (Å²) in [6.45, 7) is 6.62. The number of phenols is 1. The lowest BCUT2D eigenvalue weighted by Gasteiger charge is -2.13. The number of hydrogen-bond acceptors (Lipinski definition) is 2. The van der Waals surface area contributed by atoms with Gasteiger partial charge in [-0.15, -0.1) is 0 Å². The van der Waals surface area contributed by atoms with Crippen LogP contribution in [0.2, 0.25) is 0 Å². The first kappa shape index (κ1) is 13.0. The predicted octanol–water partition coefficient (Wildman–Crippen LogP) is 2.96. The summed E-state index contributed by atoms with van der Waals surface area (Å²) in [6, 6.07) is 7.45. The highest BCUT2D eigenvalue weighted by atomic mass is 16.3. The van der Waals surface area contributed by atoms with Crippen LogP contribution >= 0.6 is 0 Å². The molecule has 90 valence electrons. The lowest BCUT2D eigenvalue weighted by Crippen LogP contribution is -2.24. The standard InChI is InChI=1S/C14H23NO/c1-3-12(4-2)11-15-10-9-13-5-7-14(16)8-6-13/h5-8,12,15-16H,3-4,9-11H2,1-2H3. The first-order valence-electron chi connectivity index (χ1n) is 6.24. The highest BCUT2D eigenvalue weighted by Gasteiger charge is 2.01. The summed E-state index contributed by atoms with van der Waals surface area (Å²) in [5, 5.41) is 12.6. The summed E-state index contributed by atoms with van der Waals surface area (Å²) in [6.07, 6.45) is 3.53. The second kappa shape index (κ2) is 7.29. The fourth-order valence-corrected chi connectivity index (χ4v) is 1.78. The van der Waals surface area contributed by atoms with E-state index in [4.69, 9.17) is 5.11 Å². The number of aromatic hydroxyl groups is 1. The van der Waals surface area contributed by atoms with Crippen molar-refractivity contribution >= 4 is 0 Å². The maximum Gasteiger partial charge on any atom is 0.115 e. The van der Waals surface area contributed by atoms with Gasteiger partial charge in [0.05, 0.1) is 0 Å². The van der Waals surface area contributed by atoms with Crippen LogP contribution < -0.4 is 5.32 Å². The molecular weight excluding hydrogens is 198 g/mol. The van der Waals surface area contributed by atoms with Crippen molar-refractivity contribution in [3.8, 4) is 5.75 Å². The van der Waals surface area contributed by atoms with E-state index in [0.717, 1.165) is 25.4 Å². The minimum Gasteiger partial charge on any atom is -0.508 e. The molecule has 0 spiro atoms. The molecule has 0 aliphatic carbocycles. The summed E-state index contributed by atoms with van der Waals surface area (Å²) < 4.78 is 0. The maximum atomic E-state index is 9.15. The minimum atomic E-state index is 0.341. The second-order valence-electron chi connectivity index (χ2n) is 4.30. The molecule has 0 aliphatic rings. The van der Waals surface area contributed by atoms with Gasteiger partial charge < -0.3 is 10.4 Å². The molecule has 0 saturated carbocycles. The van der Waals surface area contributed by atoms with Crippen LogP contribution in [0.1, 0.15) is 32.3 Å². The van der Waals surface area contributed by atoms with Crippen LogP contribution in [-0.2, 0) is 6.42 Å². The average Bonchev–Trinajstić information content (AvgIpc) is 2.32. The summed E-state index contributed by atoms with van der Waals surface area (Å²) in [5.41, 5.74) is 1.27. The fraction of sp³-hybridized carbons (Fsp3) is 0.571. The van der Waals surface area contributed by atoms with Crippen LogP contribution in [0.3, 0.4) is 0 Å². The van der Waals surface area contributed by atoms with E-state index in [-0.39, 0.29) is 0 Å². The number of hydrogen-bond donors (Lipinski definition) is 2. The third-order valence-electron chi connectivity index (χ3n) is 3.11. The molecule has 1 aromatic carbocycles. The monoisotopic (exact) mass is 221 g/mol. The molecule has 0 atom stereocenters. The van der Waals surface area contributed by atoms with Crippen LogP contribution in [0.5, 0.6) is 5.75 Å². The van der Waals surface area contributed by atoms with Crippen LogP contribution in [0.4, 0.5) is 0 Å². The van der Waals surface area contributed by atoms with Crippen LogP contribution in [0.25, 0.3) is 0 Å². The van der Waals surface area contributed by atoms with E-state index < -0.39 is 0 Å². The molecule has 0 radical (unpaired) electrons. The first-order valence-corrected chi connectivity index (χ1v) is 6.24. The Labute approximate surface area is 98.7 Å². The molecule has 2 nitrogen and oxygen atoms in total. The zero-order valence-corrected chi connectivity index (χ0v) is 10.4. The largest absolute Gasteiger partial charge is 0.508 e. The van der Waals surface area contributed by atoms with Crippen molar-refractivity contribution in [1.82, 2.24) is 5.32 Å². The van der Waals surface area contributed by atoms with E-state index in [1.165, 1.54) is 18.4 Å². The van der Waals surface area contributed by atoms with Gasteiger partial charge in [-0.25, -0.2) is 0 Å². The molecule has 0 amide bonds. The highest BCUT2D eigenvalue weighted by Crippen LogP contribution is 2.10. The SMILES string of the molecule is CCC(CC)CNCCc1ccc(O)cc1. The van der Waals surface area contributed by atoms with Crippen LogP contribution in [-0.4, -0.2) is 18.2 Å². The van der Waals surface area contributed by atoms with Gasteiger partial charge in [0.15, 0.2) is 0 Å². The molecule has 16 heavy (non-hydrogen) atoms. The van der Waals surface area contributed by atoms with Crippen molar-refractivity contribution in [3.63, 3.8) is 0 Å². The Kier molecular flexibility index (Phi) is 5.94. The van der Waals surface area contributed by atoms with Gasteiger partial charge in [-0.3, -0.25) is 0 Å². The fourth-order valence-electron chi connectivity index (χ4n) is 1.78. The van der Waals surface area contributed by atoms with Crippen LogP contribution in [0.15, 0.2) is 24.3 Å². The molecule has 0 saturated heterocycles. The molecule has 2 heteroatoms. The quantitative estimate of drug-likeness (QED) is 0.694. The number of benzene rings is 1. The van der Waals surface area contributed by atoms with Gasteiger partial charge in [0, 0.05) is 0 Å². The van der Waals surface area contributed by atoms with Crippen molar-refractivity contribution in [2.45, 2.75) is 33.1 Å². The summed E-state index contributed by atoms with van der Waals surface area (Å²) in [5.74, 6) is 1.15. The topological polar surface area (TPSA) is 32.3 Å². The molecular formula is C14H23NO. The Morgan fingerprint density at radius 1 is 1.12 bits per heavy atom. The van der Waals surface area contributed by atoms with Crippen molar-refractivity contribution < 1.29 is 5.11 Å². The van der Waals surface area contributed by atoms with Gasteiger partial charge in [0.2, 0.25) is 0 Å². The van der Waals surface area contributed by atoms with E-state index in [1.807, 2.05) is 12.1 Å². The van der Waals surface area contributed by atoms with Crippen molar-refractivity contribution in [2.24, 2.45) is 5.92 Å². The van der Waals surface area contributed by atoms with E-state index in [2.05, 4.69) is 19.2 Å². The molecule has 0 bridgehead atoms. The van der Waals surface area contributed by atoms with E-state index in [9.17, 15) is 0 Å². The van der Waals surface area contributed by atoms with Gasteiger partial charge in [-0.1, -0.05) is 38.8 Å². The molecule has 2 N–H and O–H groups in total. The molecule has 1 aromatic rings. The molecule has 0 heterocycles. The summed E-state index contributed by atoms with van der Waals surface area (Å²) in [7, 11) is 0. The van der Waals surface area contributed by atoms with Gasteiger partial charge in [-0.2, -0.15) is 0 Å². The number of nitrogens with one attached hydrogen (secondary N) is 1. The molecule has 0 aromatic heterocycles. The summed E-state index contributed by atoms with van der Waals surface area (Å²) in [4.78, 5) is 0. The van der Waals surface area contributed by atoms with Gasteiger partial charge in [0.25, 0.3) is 0 Å². The maximum absolute atomic E-state index is 9.15. The zero-order valence-electron chi connectivity index (χ0n) is 10.4. The minimum absolute atomic E-state index is 0.341. The highest BCUT2D eigenvalue weighted by molar-refractivity contribution is 5.25. The average molecular weight is 221 g/mol. The van der Waals surface area contributed by atoms with E-state index in [1.54, 1.807) is 12.1 Å². The number of phenolic OH excluding ortho intramolecular Hbond substituents is 1. The normalized spacial score (nSPS) is 10.9. The van der Waals surface area contributed by atoms with Gasteiger partial charge in [-0.05, 0) is 43.1 Å². The molecule has 1 rings (SSSR count). The third kappa shape index (κ3) is 4.67. The zero-order chi connectivity index (χ0) is 11.8. The smallest absolute Gasteiger partial charge is 0.115 e. The van der Waals surface area contributed by atoms with E-state index >= 15 is 0 Å². The second-order valence-corrected chi connectivity index (χ2v) is 4.30. The Morgan fingerprint density at radius 3 is 2.31 bits per heavy atom. The predicted molar refractivity (Wildman–Crippen MR) is 68.8 cm³/mol. The van der Waals surface area contributed by atoms with Crippen molar-refractivity contribution in [2.75, 3.05) is 13.1 Å². The first-order chi connectivity index (χ1) is 7.76. The Bertz CT molecular complexity index is 277. The lowest BCUT2D eigenvalue weighted by atomic mass is 10.0. The van der Waals surface area contributed by atoms with Crippen molar-refractivity contribution in [3.05, 3.63) is 29.8 Å². The number of rotatable bonds is 7. The summed E-state index contributed by atoms with van der Waals surface area (Å²) >= 11 is 0. The van der Waals surface area contributed by atoms with E-state index in [0.29, 0.717) is 5.75 Å². The van der Waals surface area contributed by atoms with Crippen LogP contribution in [0, 0.1) is 5.92 Å². The lowest BCUT2D eigenvalue weighted by molar-refractivity contribution is 0.451. The Balaban J connectivity index is 2.18. The Morgan fingerprint density at radius 2 is 1.75 bits per heavy atom. The molecule has 0 aliphatic heterocycles. The van der Waals surface area contributed by atoms with Crippen molar-refractivity contribution in [1.29, 1.82) is 0 Å². The molecule has 0 unspecified atom stereocenters. The van der Waals surface area contributed by atoms with Gasteiger partial charge >= 0.3 is 0 Å². The van der Waals surface area contributed by atoms with Gasteiger partial charge in [0.1, 0.15) is 5.75 Å². The third-order valence-corrected chi connectivity index (χ3v) is 3.11.